The van der Waals surface area contributed by atoms with Crippen molar-refractivity contribution in [2.24, 2.45) is 17.1 Å². The fourth-order valence-corrected chi connectivity index (χ4v) is 5.42. The number of nitrogens with one attached hydrogen (secondary N) is 1. The van der Waals surface area contributed by atoms with Gasteiger partial charge in [-0.3, -0.25) is 14.1 Å². The second-order valence-electron chi connectivity index (χ2n) is 8.57. The monoisotopic (exact) mass is 430 g/mol. The Morgan fingerprint density at radius 1 is 1.31 bits per heavy atom. The molecule has 29 heavy (non-hydrogen) atoms. The third-order valence-electron chi connectivity index (χ3n) is 6.79. The van der Waals surface area contributed by atoms with Crippen LogP contribution < -0.4 is 11.1 Å². The van der Waals surface area contributed by atoms with Gasteiger partial charge in [0.1, 0.15) is 11.8 Å². The molecule has 11 nitrogen and oxygen atoms in total. The standard InChI is InChI=1S/C17H26N4O7S/c18-11-3-1-2-10(11)13(22)4-7-19-15(23)12-8-17(5-6-17)14-9-20(12)16(24)21(14)28-29(25,26)27/h10-12,14H,1-9,18H2,(H,19,23)(H,25,26,27)/t10?,11?,12-,14-/m0/s1. The summed E-state index contributed by atoms with van der Waals surface area (Å²) in [5.41, 5.74) is 5.56. The van der Waals surface area contributed by atoms with E-state index in [1.165, 1.54) is 4.90 Å². The fraction of sp³-hybridized carbons (Fsp3) is 0.824. The van der Waals surface area contributed by atoms with Gasteiger partial charge in [0.05, 0.1) is 6.04 Å². The lowest BCUT2D eigenvalue weighted by molar-refractivity contribution is -0.127. The van der Waals surface area contributed by atoms with Crippen LogP contribution in [-0.4, -0.2) is 71.9 Å². The van der Waals surface area contributed by atoms with Gasteiger partial charge in [-0.25, -0.2) is 4.79 Å². The van der Waals surface area contributed by atoms with Crippen LogP contribution in [-0.2, 0) is 24.3 Å². The lowest BCUT2D eigenvalue weighted by atomic mass is 9.85. The molecule has 2 aliphatic heterocycles. The summed E-state index contributed by atoms with van der Waals surface area (Å²) in [5.74, 6) is -0.480. The number of piperidine rings is 1. The fourth-order valence-electron chi connectivity index (χ4n) is 5.05. The summed E-state index contributed by atoms with van der Waals surface area (Å²) >= 11 is 0. The highest BCUT2D eigenvalue weighted by Gasteiger charge is 2.65. The van der Waals surface area contributed by atoms with E-state index in [9.17, 15) is 22.8 Å². The van der Waals surface area contributed by atoms with Crippen LogP contribution in [0.4, 0.5) is 4.79 Å². The van der Waals surface area contributed by atoms with E-state index in [4.69, 9.17) is 10.3 Å². The molecule has 4 fully saturated rings. The largest absolute Gasteiger partial charge is 0.418 e. The lowest BCUT2D eigenvalue weighted by Gasteiger charge is -2.35. The van der Waals surface area contributed by atoms with E-state index < -0.39 is 28.5 Å². The van der Waals surface area contributed by atoms with Crippen molar-refractivity contribution in [3.8, 4) is 0 Å². The van der Waals surface area contributed by atoms with Crippen LogP contribution in [0, 0.1) is 11.3 Å². The normalized spacial score (nSPS) is 32.7. The SMILES string of the molecule is NC1CCCC1C(=O)CCNC(=O)[C@@H]1CC2(CC2)[C@@H]2CN1C(=O)N2OS(=O)(=O)O. The molecule has 2 saturated heterocycles. The number of hydrogen-bond donors (Lipinski definition) is 3. The number of nitrogens with zero attached hydrogens (tertiary/aromatic N) is 2. The summed E-state index contributed by atoms with van der Waals surface area (Å²) in [7, 11) is -4.85. The topological polar surface area (TPSA) is 159 Å². The molecule has 2 aliphatic carbocycles. The highest BCUT2D eigenvalue weighted by Crippen LogP contribution is 2.59. The van der Waals surface area contributed by atoms with Crippen LogP contribution in [0.25, 0.3) is 0 Å². The van der Waals surface area contributed by atoms with Gasteiger partial charge in [-0.15, -0.1) is 4.28 Å². The third-order valence-corrected chi connectivity index (χ3v) is 7.14. The van der Waals surface area contributed by atoms with Gasteiger partial charge in [-0.05, 0) is 37.5 Å². The Morgan fingerprint density at radius 3 is 2.62 bits per heavy atom. The summed E-state index contributed by atoms with van der Waals surface area (Å²) < 4.78 is 35.7. The summed E-state index contributed by atoms with van der Waals surface area (Å²) in [4.78, 5) is 38.9. The summed E-state index contributed by atoms with van der Waals surface area (Å²) in [6.45, 7) is 0.323. The number of amides is 3. The van der Waals surface area contributed by atoms with Crippen molar-refractivity contribution < 1.29 is 31.6 Å². The summed E-state index contributed by atoms with van der Waals surface area (Å²) in [6, 6.07) is -2.16. The van der Waals surface area contributed by atoms with E-state index in [1.807, 2.05) is 0 Å². The number of Topliss-reactive ketones (excluding diaryl/α,β-unsaturated/α-hetero) is 1. The Morgan fingerprint density at radius 2 is 2.03 bits per heavy atom. The molecule has 2 bridgehead atoms. The maximum absolute atomic E-state index is 12.7. The first-order valence-electron chi connectivity index (χ1n) is 9.94. The number of nitrogens with two attached hydrogens (primary N) is 1. The lowest BCUT2D eigenvalue weighted by Crippen LogP contribution is -2.53. The van der Waals surface area contributed by atoms with E-state index in [-0.39, 0.29) is 48.6 Å². The smallest absolute Gasteiger partial charge is 0.354 e. The molecule has 2 unspecified atom stereocenters. The molecule has 3 amide bonds. The van der Waals surface area contributed by atoms with Crippen molar-refractivity contribution in [2.75, 3.05) is 13.1 Å². The Kier molecular flexibility index (Phi) is 5.08. The number of ketones is 1. The number of hydrogen-bond acceptors (Lipinski definition) is 7. The molecule has 4 atom stereocenters. The van der Waals surface area contributed by atoms with Crippen LogP contribution in [0.15, 0.2) is 0 Å². The molecule has 4 aliphatic rings. The van der Waals surface area contributed by atoms with Gasteiger partial charge in [-0.1, -0.05) is 6.42 Å². The molecule has 0 aromatic heterocycles. The average Bonchev–Trinajstić information content (AvgIpc) is 3.18. The van der Waals surface area contributed by atoms with Crippen LogP contribution in [0.5, 0.6) is 0 Å². The highest BCUT2D eigenvalue weighted by molar-refractivity contribution is 7.80. The minimum Gasteiger partial charge on any atom is -0.354 e. The first-order chi connectivity index (χ1) is 13.6. The van der Waals surface area contributed by atoms with Gasteiger partial charge in [0.25, 0.3) is 0 Å². The average molecular weight is 430 g/mol. The Balaban J connectivity index is 1.37. The molecular formula is C17H26N4O7S. The maximum Gasteiger partial charge on any atom is 0.418 e. The number of hydroxylamine groups is 2. The molecule has 0 aromatic carbocycles. The first-order valence-corrected chi connectivity index (χ1v) is 11.3. The number of carbonyl (C=O) groups excluding carboxylic acids is 3. The molecule has 4 N–H and O–H groups in total. The number of carbonyl (C=O) groups is 3. The molecule has 12 heteroatoms. The maximum atomic E-state index is 12.7. The molecule has 1 spiro atoms. The molecule has 2 heterocycles. The van der Waals surface area contributed by atoms with Gasteiger partial charge in [0.2, 0.25) is 5.91 Å². The van der Waals surface area contributed by atoms with Crippen molar-refractivity contribution in [1.82, 2.24) is 15.3 Å². The van der Waals surface area contributed by atoms with Crippen molar-refractivity contribution in [3.63, 3.8) is 0 Å². The van der Waals surface area contributed by atoms with Crippen molar-refractivity contribution in [1.29, 1.82) is 0 Å². The van der Waals surface area contributed by atoms with Crippen molar-refractivity contribution >= 4 is 28.1 Å². The molecule has 4 rings (SSSR count). The molecule has 2 saturated carbocycles. The second kappa shape index (κ2) is 7.18. The van der Waals surface area contributed by atoms with Crippen molar-refractivity contribution in [3.05, 3.63) is 0 Å². The van der Waals surface area contributed by atoms with Gasteiger partial charge >= 0.3 is 16.4 Å². The number of urea groups is 1. The van der Waals surface area contributed by atoms with E-state index in [0.717, 1.165) is 32.1 Å². The number of rotatable bonds is 7. The van der Waals surface area contributed by atoms with Gasteiger partial charge in [-0.2, -0.15) is 13.5 Å². The van der Waals surface area contributed by atoms with Crippen LogP contribution in [0.1, 0.15) is 44.9 Å². The zero-order valence-corrected chi connectivity index (χ0v) is 16.8. The van der Waals surface area contributed by atoms with E-state index >= 15 is 0 Å². The van der Waals surface area contributed by atoms with E-state index in [2.05, 4.69) is 9.60 Å². The predicted molar refractivity (Wildman–Crippen MR) is 98.4 cm³/mol. The van der Waals surface area contributed by atoms with Gasteiger partial charge < -0.3 is 16.0 Å². The molecule has 162 valence electrons. The summed E-state index contributed by atoms with van der Waals surface area (Å²) in [5, 5.41) is 3.41. The number of fused-ring (bicyclic) bond motifs is 3. The van der Waals surface area contributed by atoms with Crippen LogP contribution >= 0.6 is 0 Å². The minimum absolute atomic E-state index is 0.0441. The Labute approximate surface area is 168 Å². The Hall–Kier alpha value is -1.76. The second-order valence-corrected chi connectivity index (χ2v) is 9.57. The van der Waals surface area contributed by atoms with Crippen LogP contribution in [0.3, 0.4) is 0 Å². The minimum atomic E-state index is -4.85. The van der Waals surface area contributed by atoms with E-state index in [0.29, 0.717) is 11.5 Å². The van der Waals surface area contributed by atoms with Gasteiger partial charge in [0, 0.05) is 31.5 Å². The first kappa shape index (κ1) is 20.5. The van der Waals surface area contributed by atoms with E-state index in [1.54, 1.807) is 0 Å². The third kappa shape index (κ3) is 3.86. The van der Waals surface area contributed by atoms with Crippen molar-refractivity contribution in [2.45, 2.75) is 63.1 Å². The summed E-state index contributed by atoms with van der Waals surface area (Å²) in [6.07, 6.45) is 4.63. The zero-order chi connectivity index (χ0) is 21.0. The molecule has 0 aromatic rings. The van der Waals surface area contributed by atoms with Gasteiger partial charge in [0.15, 0.2) is 0 Å². The Bertz CT molecular complexity index is 828. The zero-order valence-electron chi connectivity index (χ0n) is 16.0. The molecular weight excluding hydrogens is 404 g/mol. The predicted octanol–water partition coefficient (Wildman–Crippen LogP) is -0.418. The highest BCUT2D eigenvalue weighted by atomic mass is 32.3. The molecule has 0 radical (unpaired) electrons. The van der Waals surface area contributed by atoms with Crippen LogP contribution in [0.2, 0.25) is 0 Å². The quantitative estimate of drug-likeness (QED) is 0.459.